The fourth-order valence-corrected chi connectivity index (χ4v) is 3.59. The first-order valence-electron chi connectivity index (χ1n) is 9.78. The molecule has 0 fully saturated rings. The molecule has 8 nitrogen and oxygen atoms in total. The highest BCUT2D eigenvalue weighted by molar-refractivity contribution is 7.89. The topological polar surface area (TPSA) is 110 Å². The Morgan fingerprint density at radius 2 is 1.68 bits per heavy atom. The van der Waals surface area contributed by atoms with Gasteiger partial charge in [0.05, 0.1) is 10.6 Å². The zero-order chi connectivity index (χ0) is 22.3. The molecular weight excluding hydrogens is 416 g/mol. The third-order valence-corrected chi connectivity index (χ3v) is 5.79. The summed E-state index contributed by atoms with van der Waals surface area (Å²) in [6.07, 6.45) is 0. The molecule has 1 heterocycles. The number of ether oxygens (including phenoxy) is 1. The van der Waals surface area contributed by atoms with Crippen molar-refractivity contribution in [3.8, 4) is 17.1 Å². The summed E-state index contributed by atoms with van der Waals surface area (Å²) in [5, 5.41) is 10.8. The predicted octanol–water partition coefficient (Wildman–Crippen LogP) is 3.10. The highest BCUT2D eigenvalue weighted by Crippen LogP contribution is 2.17. The van der Waals surface area contributed by atoms with E-state index in [1.54, 1.807) is 38.1 Å². The summed E-state index contributed by atoms with van der Waals surface area (Å²) < 4.78 is 32.7. The molecule has 1 aromatic heterocycles. The monoisotopic (exact) mass is 440 g/mol. The quantitative estimate of drug-likeness (QED) is 0.495. The summed E-state index contributed by atoms with van der Waals surface area (Å²) in [7, 11) is -3.70. The number of benzene rings is 2. The van der Waals surface area contributed by atoms with Crippen LogP contribution in [0.5, 0.6) is 5.88 Å². The van der Waals surface area contributed by atoms with Gasteiger partial charge in [-0.2, -0.15) is 0 Å². The average Bonchev–Trinajstić information content (AvgIpc) is 2.78. The molecule has 2 aromatic carbocycles. The number of hydrogen-bond donors (Lipinski definition) is 2. The number of rotatable bonds is 9. The van der Waals surface area contributed by atoms with Gasteiger partial charge in [-0.25, -0.2) is 13.1 Å². The van der Waals surface area contributed by atoms with Crippen molar-refractivity contribution in [3.05, 3.63) is 66.7 Å². The van der Waals surface area contributed by atoms with Crippen molar-refractivity contribution in [2.24, 2.45) is 5.92 Å². The van der Waals surface area contributed by atoms with Crippen LogP contribution in [0, 0.1) is 5.92 Å². The molecule has 0 aliphatic rings. The van der Waals surface area contributed by atoms with Crippen molar-refractivity contribution in [2.75, 3.05) is 18.5 Å². The predicted molar refractivity (Wildman–Crippen MR) is 118 cm³/mol. The van der Waals surface area contributed by atoms with E-state index in [-0.39, 0.29) is 29.9 Å². The third kappa shape index (κ3) is 6.34. The molecule has 0 aliphatic heterocycles. The van der Waals surface area contributed by atoms with Gasteiger partial charge < -0.3 is 10.1 Å². The standard InChI is InChI=1S/C22H24N4O4S/c1-16(2)22(27)24-18-8-10-19(11-9-18)31(28,29)23-14-15-30-21-13-12-20(25-26-21)17-6-4-3-5-7-17/h3-13,16,23H,14-15H2,1-2H3,(H,24,27). The SMILES string of the molecule is CC(C)C(=O)Nc1ccc(S(=O)(=O)NCCOc2ccc(-c3ccccc3)nn2)cc1. The lowest BCUT2D eigenvalue weighted by molar-refractivity contribution is -0.118. The van der Waals surface area contributed by atoms with E-state index in [9.17, 15) is 13.2 Å². The number of nitrogens with zero attached hydrogens (tertiary/aromatic N) is 2. The summed E-state index contributed by atoms with van der Waals surface area (Å²) in [5.74, 6) is 0.0132. The molecule has 9 heteroatoms. The lowest BCUT2D eigenvalue weighted by Gasteiger charge is -2.10. The van der Waals surface area contributed by atoms with Gasteiger partial charge >= 0.3 is 0 Å². The molecular formula is C22H24N4O4S. The van der Waals surface area contributed by atoms with Crippen molar-refractivity contribution >= 4 is 21.6 Å². The van der Waals surface area contributed by atoms with Gasteiger partial charge in [0.15, 0.2) is 0 Å². The summed E-state index contributed by atoms with van der Waals surface area (Å²) >= 11 is 0. The molecule has 31 heavy (non-hydrogen) atoms. The molecule has 0 spiro atoms. The van der Waals surface area contributed by atoms with Crippen LogP contribution in [0.1, 0.15) is 13.8 Å². The second kappa shape index (κ2) is 10.1. The van der Waals surface area contributed by atoms with E-state index >= 15 is 0 Å². The van der Waals surface area contributed by atoms with Crippen molar-refractivity contribution in [3.63, 3.8) is 0 Å². The van der Waals surface area contributed by atoms with Gasteiger partial charge in [0.1, 0.15) is 6.61 Å². The van der Waals surface area contributed by atoms with E-state index in [4.69, 9.17) is 4.74 Å². The van der Waals surface area contributed by atoms with Crippen LogP contribution in [0.25, 0.3) is 11.3 Å². The Bertz CT molecular complexity index is 1100. The molecule has 0 saturated carbocycles. The van der Waals surface area contributed by atoms with Gasteiger partial charge in [-0.15, -0.1) is 10.2 Å². The number of sulfonamides is 1. The van der Waals surface area contributed by atoms with E-state index in [1.165, 1.54) is 12.1 Å². The molecule has 0 radical (unpaired) electrons. The highest BCUT2D eigenvalue weighted by atomic mass is 32.2. The van der Waals surface area contributed by atoms with Crippen molar-refractivity contribution in [1.29, 1.82) is 0 Å². The Balaban J connectivity index is 1.49. The van der Waals surface area contributed by atoms with Gasteiger partial charge in [0, 0.05) is 29.8 Å². The van der Waals surface area contributed by atoms with Crippen LogP contribution in [0.3, 0.4) is 0 Å². The Hall–Kier alpha value is -3.30. The number of hydrogen-bond acceptors (Lipinski definition) is 6. The zero-order valence-corrected chi connectivity index (χ0v) is 18.1. The zero-order valence-electron chi connectivity index (χ0n) is 17.3. The number of anilines is 1. The first kappa shape index (κ1) is 22.4. The Kier molecular flexibility index (Phi) is 7.32. The van der Waals surface area contributed by atoms with Crippen molar-refractivity contribution in [2.45, 2.75) is 18.7 Å². The van der Waals surface area contributed by atoms with Gasteiger partial charge in [-0.1, -0.05) is 44.2 Å². The Morgan fingerprint density at radius 3 is 2.29 bits per heavy atom. The number of aromatic nitrogens is 2. The van der Waals surface area contributed by atoms with Crippen LogP contribution >= 0.6 is 0 Å². The molecule has 1 amide bonds. The molecule has 0 atom stereocenters. The first-order chi connectivity index (χ1) is 14.8. The number of carbonyl (C=O) groups is 1. The second-order valence-electron chi connectivity index (χ2n) is 7.04. The minimum absolute atomic E-state index is 0.0658. The van der Waals surface area contributed by atoms with Crippen molar-refractivity contribution in [1.82, 2.24) is 14.9 Å². The van der Waals surface area contributed by atoms with Crippen LogP contribution in [0.2, 0.25) is 0 Å². The molecule has 0 aliphatic carbocycles. The van der Waals surface area contributed by atoms with E-state index in [2.05, 4.69) is 20.2 Å². The van der Waals surface area contributed by atoms with Crippen LogP contribution in [0.15, 0.2) is 71.6 Å². The van der Waals surface area contributed by atoms with Crippen LogP contribution in [-0.2, 0) is 14.8 Å². The van der Waals surface area contributed by atoms with Crippen LogP contribution in [0.4, 0.5) is 5.69 Å². The summed E-state index contributed by atoms with van der Waals surface area (Å²) in [6, 6.07) is 19.1. The summed E-state index contributed by atoms with van der Waals surface area (Å²) in [6.45, 7) is 3.73. The largest absolute Gasteiger partial charge is 0.475 e. The fourth-order valence-electron chi connectivity index (χ4n) is 2.58. The number of nitrogens with one attached hydrogen (secondary N) is 2. The lowest BCUT2D eigenvalue weighted by Crippen LogP contribution is -2.28. The second-order valence-corrected chi connectivity index (χ2v) is 8.80. The molecule has 0 unspecified atom stereocenters. The maximum absolute atomic E-state index is 12.4. The normalized spacial score (nSPS) is 11.3. The van der Waals surface area contributed by atoms with Crippen LogP contribution < -0.4 is 14.8 Å². The highest BCUT2D eigenvalue weighted by Gasteiger charge is 2.14. The van der Waals surface area contributed by atoms with Gasteiger partial charge in [-0.3, -0.25) is 4.79 Å². The van der Waals surface area contributed by atoms with E-state index in [0.29, 0.717) is 11.6 Å². The average molecular weight is 441 g/mol. The molecule has 3 aromatic rings. The lowest BCUT2D eigenvalue weighted by atomic mass is 10.1. The Labute approximate surface area is 181 Å². The summed E-state index contributed by atoms with van der Waals surface area (Å²) in [4.78, 5) is 11.8. The minimum Gasteiger partial charge on any atom is -0.475 e. The number of carbonyl (C=O) groups excluding carboxylic acids is 1. The van der Waals surface area contributed by atoms with Gasteiger partial charge in [0.25, 0.3) is 0 Å². The molecule has 2 N–H and O–H groups in total. The molecule has 0 saturated heterocycles. The maximum atomic E-state index is 12.4. The maximum Gasteiger partial charge on any atom is 0.240 e. The van der Waals surface area contributed by atoms with E-state index in [1.807, 2.05) is 30.3 Å². The molecule has 162 valence electrons. The third-order valence-electron chi connectivity index (χ3n) is 4.31. The van der Waals surface area contributed by atoms with E-state index in [0.717, 1.165) is 11.3 Å². The minimum atomic E-state index is -3.70. The van der Waals surface area contributed by atoms with E-state index < -0.39 is 10.0 Å². The number of amides is 1. The van der Waals surface area contributed by atoms with Gasteiger partial charge in [0.2, 0.25) is 21.8 Å². The van der Waals surface area contributed by atoms with Gasteiger partial charge in [-0.05, 0) is 30.3 Å². The summed E-state index contributed by atoms with van der Waals surface area (Å²) in [5.41, 5.74) is 2.21. The molecule has 0 bridgehead atoms. The smallest absolute Gasteiger partial charge is 0.240 e. The van der Waals surface area contributed by atoms with Crippen molar-refractivity contribution < 1.29 is 17.9 Å². The molecule has 3 rings (SSSR count). The fraction of sp³-hybridized carbons (Fsp3) is 0.227. The first-order valence-corrected chi connectivity index (χ1v) is 11.3. The van der Waals surface area contributed by atoms with Crippen LogP contribution in [-0.4, -0.2) is 37.7 Å². The Morgan fingerprint density at radius 1 is 0.968 bits per heavy atom.